The molecule has 0 amide bonds. The zero-order chi connectivity index (χ0) is 9.72. The lowest BCUT2D eigenvalue weighted by atomic mass is 9.98. The maximum absolute atomic E-state index is 11.0. The third-order valence-corrected chi connectivity index (χ3v) is 1.51. The molecule has 4 heteroatoms. The van der Waals surface area contributed by atoms with Crippen molar-refractivity contribution in [3.05, 3.63) is 12.8 Å². The minimum absolute atomic E-state index is 0.671. The first-order valence-corrected chi connectivity index (χ1v) is 3.68. The van der Waals surface area contributed by atoms with Crippen LogP contribution in [0.25, 0.3) is 0 Å². The fraction of sp³-hybridized carbons (Fsp3) is 0.625. The van der Waals surface area contributed by atoms with Crippen molar-refractivity contribution in [2.45, 2.75) is 26.1 Å². The van der Waals surface area contributed by atoms with Gasteiger partial charge < -0.3 is 14.9 Å². The van der Waals surface area contributed by atoms with Gasteiger partial charge in [0.15, 0.2) is 0 Å². The first-order valence-electron chi connectivity index (χ1n) is 3.68. The number of carbonyl (C=O) groups is 1. The molecule has 0 fully saturated rings. The molecule has 0 rings (SSSR count). The Hall–Kier alpha value is -0.870. The van der Waals surface area contributed by atoms with Crippen molar-refractivity contribution in [1.82, 2.24) is 0 Å². The summed E-state index contributed by atoms with van der Waals surface area (Å²) in [6.07, 6.45) is -0.894. The predicted molar refractivity (Wildman–Crippen MR) is 43.1 cm³/mol. The van der Waals surface area contributed by atoms with Gasteiger partial charge in [0.25, 0.3) is 0 Å². The normalized spacial score (nSPS) is 17.7. The Morgan fingerprint density at radius 3 is 2.08 bits per heavy atom. The third-order valence-electron chi connectivity index (χ3n) is 1.51. The summed E-state index contributed by atoms with van der Waals surface area (Å²) in [5.41, 5.74) is 0. The second-order valence-corrected chi connectivity index (χ2v) is 2.61. The maximum atomic E-state index is 11.0. The van der Waals surface area contributed by atoms with E-state index in [0.717, 1.165) is 6.26 Å². The van der Waals surface area contributed by atoms with E-state index in [-0.39, 0.29) is 0 Å². The standard InChI is InChI=1S/C8H14O4/c1-4-12-8(11)7(5(2)9)6(3)10/h4-7,9-10H,1H2,2-3H3. The fourth-order valence-corrected chi connectivity index (χ4v) is 0.958. The molecule has 0 aromatic heterocycles. The summed E-state index contributed by atoms with van der Waals surface area (Å²) in [6, 6.07) is 0. The SMILES string of the molecule is C=COC(=O)C(C(C)O)C(C)O. The van der Waals surface area contributed by atoms with Crippen LogP contribution in [0.2, 0.25) is 0 Å². The molecule has 2 unspecified atom stereocenters. The molecule has 0 aliphatic heterocycles. The number of carbonyl (C=O) groups excluding carboxylic acids is 1. The van der Waals surface area contributed by atoms with Gasteiger partial charge in [-0.3, -0.25) is 4.79 Å². The molecule has 0 aliphatic carbocycles. The van der Waals surface area contributed by atoms with E-state index >= 15 is 0 Å². The number of esters is 1. The van der Waals surface area contributed by atoms with E-state index in [4.69, 9.17) is 10.2 Å². The molecule has 0 heterocycles. The lowest BCUT2D eigenvalue weighted by Gasteiger charge is -2.19. The fourth-order valence-electron chi connectivity index (χ4n) is 0.958. The van der Waals surface area contributed by atoms with Crippen molar-refractivity contribution in [2.24, 2.45) is 5.92 Å². The Bertz CT molecular complexity index is 154. The van der Waals surface area contributed by atoms with Crippen molar-refractivity contribution in [1.29, 1.82) is 0 Å². The van der Waals surface area contributed by atoms with Gasteiger partial charge in [-0.2, -0.15) is 0 Å². The number of ether oxygens (including phenoxy) is 1. The van der Waals surface area contributed by atoms with Crippen molar-refractivity contribution in [3.8, 4) is 0 Å². The van der Waals surface area contributed by atoms with E-state index in [1.807, 2.05) is 0 Å². The van der Waals surface area contributed by atoms with E-state index in [1.54, 1.807) is 0 Å². The molecule has 12 heavy (non-hydrogen) atoms. The Balaban J connectivity index is 4.29. The first-order chi connectivity index (χ1) is 5.50. The molecule has 0 spiro atoms. The number of aliphatic hydroxyl groups is 2. The molecular formula is C8H14O4. The first kappa shape index (κ1) is 11.1. The van der Waals surface area contributed by atoms with E-state index in [9.17, 15) is 4.79 Å². The molecule has 2 N–H and O–H groups in total. The smallest absolute Gasteiger partial charge is 0.318 e. The highest BCUT2D eigenvalue weighted by Crippen LogP contribution is 2.11. The van der Waals surface area contributed by atoms with E-state index in [2.05, 4.69) is 11.3 Å². The Morgan fingerprint density at radius 2 is 1.83 bits per heavy atom. The minimum Gasteiger partial charge on any atom is -0.435 e. The summed E-state index contributed by atoms with van der Waals surface area (Å²) in [4.78, 5) is 11.0. The van der Waals surface area contributed by atoms with Crippen LogP contribution in [-0.4, -0.2) is 28.4 Å². The van der Waals surface area contributed by atoms with E-state index in [1.165, 1.54) is 13.8 Å². The van der Waals surface area contributed by atoms with Crippen molar-refractivity contribution in [2.75, 3.05) is 0 Å². The van der Waals surface area contributed by atoms with Crippen molar-refractivity contribution >= 4 is 5.97 Å². The summed E-state index contributed by atoms with van der Waals surface area (Å²) in [5, 5.41) is 18.2. The highest BCUT2D eigenvalue weighted by Gasteiger charge is 2.29. The molecular weight excluding hydrogens is 160 g/mol. The number of aliphatic hydroxyl groups excluding tert-OH is 2. The molecule has 4 nitrogen and oxygen atoms in total. The van der Waals surface area contributed by atoms with Crippen LogP contribution >= 0.6 is 0 Å². The Kier molecular flexibility index (Phi) is 4.54. The highest BCUT2D eigenvalue weighted by atomic mass is 16.5. The molecule has 0 aromatic rings. The van der Waals surface area contributed by atoms with E-state index in [0.29, 0.717) is 0 Å². The van der Waals surface area contributed by atoms with Crippen LogP contribution in [-0.2, 0) is 9.53 Å². The Labute approximate surface area is 71.5 Å². The van der Waals surface area contributed by atoms with Gasteiger partial charge in [-0.25, -0.2) is 0 Å². The zero-order valence-electron chi connectivity index (χ0n) is 7.23. The van der Waals surface area contributed by atoms with Crippen LogP contribution in [0.1, 0.15) is 13.8 Å². The maximum Gasteiger partial charge on any atom is 0.318 e. The average molecular weight is 174 g/mol. The average Bonchev–Trinajstić information content (AvgIpc) is 1.85. The molecule has 70 valence electrons. The number of hydrogen-bond donors (Lipinski definition) is 2. The molecule has 2 atom stereocenters. The van der Waals surface area contributed by atoms with Gasteiger partial charge in [0.2, 0.25) is 0 Å². The van der Waals surface area contributed by atoms with Gasteiger partial charge >= 0.3 is 5.97 Å². The monoisotopic (exact) mass is 174 g/mol. The van der Waals surface area contributed by atoms with Gasteiger partial charge in [-0.05, 0) is 13.8 Å². The molecule has 0 radical (unpaired) electrons. The van der Waals surface area contributed by atoms with E-state index < -0.39 is 24.1 Å². The van der Waals surface area contributed by atoms with Crippen LogP contribution in [0.5, 0.6) is 0 Å². The second kappa shape index (κ2) is 4.90. The lowest BCUT2D eigenvalue weighted by Crippen LogP contribution is -2.35. The largest absolute Gasteiger partial charge is 0.435 e. The molecule has 0 aliphatic rings. The minimum atomic E-state index is -0.933. The van der Waals surface area contributed by atoms with Crippen molar-refractivity contribution < 1.29 is 19.7 Å². The van der Waals surface area contributed by atoms with Crippen LogP contribution < -0.4 is 0 Å². The number of hydrogen-bond acceptors (Lipinski definition) is 4. The van der Waals surface area contributed by atoms with Gasteiger partial charge in [0.05, 0.1) is 18.5 Å². The van der Waals surface area contributed by atoms with Crippen LogP contribution in [0.4, 0.5) is 0 Å². The molecule has 0 saturated heterocycles. The molecule has 0 saturated carbocycles. The highest BCUT2D eigenvalue weighted by molar-refractivity contribution is 5.74. The number of rotatable bonds is 4. The van der Waals surface area contributed by atoms with Gasteiger partial charge in [-0.1, -0.05) is 6.58 Å². The molecule has 0 bridgehead atoms. The van der Waals surface area contributed by atoms with Gasteiger partial charge in [-0.15, -0.1) is 0 Å². The topological polar surface area (TPSA) is 66.8 Å². The van der Waals surface area contributed by atoms with Crippen molar-refractivity contribution in [3.63, 3.8) is 0 Å². The summed E-state index contributed by atoms with van der Waals surface area (Å²) in [7, 11) is 0. The quantitative estimate of drug-likeness (QED) is 0.467. The van der Waals surface area contributed by atoms with Crippen LogP contribution in [0, 0.1) is 5.92 Å². The predicted octanol–water partition coefficient (Wildman–Crippen LogP) is 0.0509. The second-order valence-electron chi connectivity index (χ2n) is 2.61. The summed E-state index contributed by atoms with van der Waals surface area (Å²) >= 11 is 0. The zero-order valence-corrected chi connectivity index (χ0v) is 7.23. The molecule has 0 aromatic carbocycles. The van der Waals surface area contributed by atoms with Gasteiger partial charge in [0, 0.05) is 0 Å². The van der Waals surface area contributed by atoms with Crippen LogP contribution in [0.3, 0.4) is 0 Å². The summed E-state index contributed by atoms with van der Waals surface area (Å²) < 4.78 is 4.43. The third kappa shape index (κ3) is 3.02. The van der Waals surface area contributed by atoms with Gasteiger partial charge in [0.1, 0.15) is 5.92 Å². The summed E-state index contributed by atoms with van der Waals surface area (Å²) in [5.74, 6) is -1.59. The Morgan fingerprint density at radius 1 is 1.42 bits per heavy atom. The summed E-state index contributed by atoms with van der Waals surface area (Å²) in [6.45, 7) is 6.03. The lowest BCUT2D eigenvalue weighted by molar-refractivity contribution is -0.151. The van der Waals surface area contributed by atoms with Crippen LogP contribution in [0.15, 0.2) is 12.8 Å².